The SMILES string of the molecule is C=CS(=O)(=O)O.[Ru]. The molecule has 0 fully saturated rings. The maximum absolute atomic E-state index is 9.44. The predicted molar refractivity (Wildman–Crippen MR) is 21.7 cm³/mol. The van der Waals surface area contributed by atoms with Crippen LogP contribution >= 0.6 is 0 Å². The fourth-order valence-electron chi connectivity index (χ4n) is 0. The van der Waals surface area contributed by atoms with E-state index in [4.69, 9.17) is 4.55 Å². The fraction of sp³-hybridized carbons (Fsp3) is 0. The molecule has 0 radical (unpaired) electrons. The van der Waals surface area contributed by atoms with Crippen LogP contribution in [0.5, 0.6) is 0 Å². The molecule has 3 nitrogen and oxygen atoms in total. The standard InChI is InChI=1S/C2H4O3S.Ru/c1-2-6(3,4)5;/h2H,1H2,(H,3,4,5);. The predicted octanol–water partition coefficient (Wildman–Crippen LogP) is 0.0152. The van der Waals surface area contributed by atoms with Crippen molar-refractivity contribution in [2.45, 2.75) is 0 Å². The first kappa shape index (κ1) is 10.3. The molecule has 44 valence electrons. The Labute approximate surface area is 54.9 Å². The van der Waals surface area contributed by atoms with Crippen LogP contribution in [-0.2, 0) is 29.6 Å². The minimum absolute atomic E-state index is 0. The van der Waals surface area contributed by atoms with Gasteiger partial charge < -0.3 is 0 Å². The molecule has 0 amide bonds. The molecular formula is C2H4O3RuS. The number of hydrogen-bond donors (Lipinski definition) is 1. The number of hydrogen-bond acceptors (Lipinski definition) is 2. The summed E-state index contributed by atoms with van der Waals surface area (Å²) in [6.07, 6.45) is 0. The summed E-state index contributed by atoms with van der Waals surface area (Å²) in [5, 5.41) is 0.465. The van der Waals surface area contributed by atoms with Gasteiger partial charge in [-0.05, 0) is 0 Å². The van der Waals surface area contributed by atoms with E-state index in [9.17, 15) is 8.42 Å². The molecule has 7 heavy (non-hydrogen) atoms. The van der Waals surface area contributed by atoms with Crippen LogP contribution in [0.2, 0.25) is 0 Å². The van der Waals surface area contributed by atoms with Gasteiger partial charge in [-0.25, -0.2) is 0 Å². The Bertz CT molecular complexity index is 123. The minimum atomic E-state index is -3.90. The van der Waals surface area contributed by atoms with Crippen LogP contribution in [0.15, 0.2) is 12.0 Å². The molecule has 1 N–H and O–H groups in total. The van der Waals surface area contributed by atoms with Crippen LogP contribution in [0.3, 0.4) is 0 Å². The van der Waals surface area contributed by atoms with E-state index < -0.39 is 10.1 Å². The van der Waals surface area contributed by atoms with Gasteiger partial charge in [0.15, 0.2) is 0 Å². The summed E-state index contributed by atoms with van der Waals surface area (Å²) >= 11 is 0. The largest absolute Gasteiger partial charge is 0.287 e. The Morgan fingerprint density at radius 3 is 1.71 bits per heavy atom. The Kier molecular flexibility index (Phi) is 4.85. The summed E-state index contributed by atoms with van der Waals surface area (Å²) < 4.78 is 26.6. The van der Waals surface area contributed by atoms with Crippen molar-refractivity contribution in [3.63, 3.8) is 0 Å². The Balaban J connectivity index is 0. The smallest absolute Gasteiger partial charge is 0.282 e. The summed E-state index contributed by atoms with van der Waals surface area (Å²) in [4.78, 5) is 0. The van der Waals surface area contributed by atoms with Crippen molar-refractivity contribution in [3.8, 4) is 0 Å². The van der Waals surface area contributed by atoms with E-state index in [1.807, 2.05) is 0 Å². The average molecular weight is 209 g/mol. The van der Waals surface area contributed by atoms with Gasteiger partial charge in [-0.2, -0.15) is 8.42 Å². The van der Waals surface area contributed by atoms with Crippen LogP contribution in [0.4, 0.5) is 0 Å². The molecule has 0 atom stereocenters. The second-order valence-corrected chi connectivity index (χ2v) is 2.04. The van der Waals surface area contributed by atoms with Crippen LogP contribution in [0.25, 0.3) is 0 Å². The summed E-state index contributed by atoms with van der Waals surface area (Å²) in [6, 6.07) is 0. The summed E-state index contributed by atoms with van der Waals surface area (Å²) in [6.45, 7) is 2.79. The van der Waals surface area contributed by atoms with Crippen molar-refractivity contribution in [1.82, 2.24) is 0 Å². The first-order valence-electron chi connectivity index (χ1n) is 1.16. The molecule has 0 aliphatic heterocycles. The van der Waals surface area contributed by atoms with Crippen molar-refractivity contribution in [1.29, 1.82) is 0 Å². The van der Waals surface area contributed by atoms with E-state index >= 15 is 0 Å². The molecule has 0 unspecified atom stereocenters. The molecule has 0 bridgehead atoms. The molecule has 0 aliphatic carbocycles. The van der Waals surface area contributed by atoms with Crippen molar-refractivity contribution in [2.75, 3.05) is 0 Å². The van der Waals surface area contributed by atoms with Gasteiger partial charge in [-0.15, -0.1) is 0 Å². The minimum Gasteiger partial charge on any atom is -0.282 e. The molecule has 0 rings (SSSR count). The average Bonchev–Trinajstić information content (AvgIpc) is 1.35. The van der Waals surface area contributed by atoms with E-state index in [1.165, 1.54) is 0 Å². The Morgan fingerprint density at radius 1 is 1.57 bits per heavy atom. The fourth-order valence-corrected chi connectivity index (χ4v) is 0. The molecule has 0 aromatic heterocycles. The van der Waals surface area contributed by atoms with Gasteiger partial charge in [-0.1, -0.05) is 6.58 Å². The zero-order valence-corrected chi connectivity index (χ0v) is 5.86. The van der Waals surface area contributed by atoms with E-state index in [1.54, 1.807) is 0 Å². The van der Waals surface area contributed by atoms with Gasteiger partial charge in [0.25, 0.3) is 10.1 Å². The maximum Gasteiger partial charge on any atom is 0.287 e. The third-order valence-electron chi connectivity index (χ3n) is 0.211. The topological polar surface area (TPSA) is 54.4 Å². The van der Waals surface area contributed by atoms with Crippen LogP contribution in [0, 0.1) is 0 Å². The van der Waals surface area contributed by atoms with Crippen molar-refractivity contribution < 1.29 is 32.4 Å². The van der Waals surface area contributed by atoms with Gasteiger partial charge in [0.05, 0.1) is 5.41 Å². The second kappa shape index (κ2) is 3.30. The molecular weight excluding hydrogens is 205 g/mol. The Hall–Kier alpha value is 0.273. The second-order valence-electron chi connectivity index (χ2n) is 0.682. The molecule has 0 aromatic rings. The first-order chi connectivity index (χ1) is 2.56. The van der Waals surface area contributed by atoms with Crippen molar-refractivity contribution in [3.05, 3.63) is 12.0 Å². The zero-order chi connectivity index (χ0) is 5.21. The van der Waals surface area contributed by atoms with Crippen LogP contribution in [0.1, 0.15) is 0 Å². The third-order valence-corrected chi connectivity index (χ3v) is 0.632. The van der Waals surface area contributed by atoms with Gasteiger partial charge in [0.2, 0.25) is 0 Å². The normalized spacial score (nSPS) is 9.29. The van der Waals surface area contributed by atoms with E-state index in [0.717, 1.165) is 0 Å². The molecule has 0 saturated carbocycles. The molecule has 0 spiro atoms. The Morgan fingerprint density at radius 2 is 1.71 bits per heavy atom. The van der Waals surface area contributed by atoms with Gasteiger partial charge in [0.1, 0.15) is 0 Å². The van der Waals surface area contributed by atoms with Gasteiger partial charge >= 0.3 is 0 Å². The molecule has 5 heteroatoms. The van der Waals surface area contributed by atoms with Crippen molar-refractivity contribution in [2.24, 2.45) is 0 Å². The quantitative estimate of drug-likeness (QED) is 0.489. The molecule has 0 aromatic carbocycles. The maximum atomic E-state index is 9.44. The van der Waals surface area contributed by atoms with Gasteiger partial charge in [0, 0.05) is 19.5 Å². The van der Waals surface area contributed by atoms with Crippen LogP contribution < -0.4 is 0 Å². The number of rotatable bonds is 1. The van der Waals surface area contributed by atoms with E-state index in [-0.39, 0.29) is 19.5 Å². The van der Waals surface area contributed by atoms with Gasteiger partial charge in [-0.3, -0.25) is 4.55 Å². The van der Waals surface area contributed by atoms with E-state index in [0.29, 0.717) is 5.41 Å². The van der Waals surface area contributed by atoms with Crippen LogP contribution in [-0.4, -0.2) is 13.0 Å². The van der Waals surface area contributed by atoms with E-state index in [2.05, 4.69) is 6.58 Å². The molecule has 0 aliphatic rings. The molecule has 0 heterocycles. The third kappa shape index (κ3) is 10.7. The first-order valence-corrected chi connectivity index (χ1v) is 2.66. The summed E-state index contributed by atoms with van der Waals surface area (Å²) in [5.74, 6) is 0. The van der Waals surface area contributed by atoms with Crippen molar-refractivity contribution >= 4 is 10.1 Å². The molecule has 0 saturated heterocycles. The summed E-state index contributed by atoms with van der Waals surface area (Å²) in [5.41, 5.74) is 0. The zero-order valence-electron chi connectivity index (χ0n) is 3.31. The summed E-state index contributed by atoms with van der Waals surface area (Å²) in [7, 11) is -3.90. The monoisotopic (exact) mass is 210 g/mol.